The molecule has 2 heterocycles. The molecule has 1 saturated carbocycles. The van der Waals surface area contributed by atoms with Crippen molar-refractivity contribution in [1.82, 2.24) is 15.1 Å². The summed E-state index contributed by atoms with van der Waals surface area (Å²) >= 11 is 3.44. The molecule has 1 aliphatic heterocycles. The molecule has 128 valence electrons. The number of benzene rings is 1. The molecule has 24 heavy (non-hydrogen) atoms. The zero-order chi connectivity index (χ0) is 16.7. The van der Waals surface area contributed by atoms with Crippen molar-refractivity contribution < 1.29 is 14.3 Å². The molecule has 2 aliphatic rings. The van der Waals surface area contributed by atoms with E-state index in [4.69, 9.17) is 9.47 Å². The minimum atomic E-state index is -0.0810. The second-order valence-corrected chi connectivity index (χ2v) is 7.35. The first kappa shape index (κ1) is 16.1. The third-order valence-electron chi connectivity index (χ3n) is 4.82. The summed E-state index contributed by atoms with van der Waals surface area (Å²) in [6.45, 7) is 1.32. The minimum absolute atomic E-state index is 0.0810. The van der Waals surface area contributed by atoms with Gasteiger partial charge in [0, 0.05) is 22.9 Å². The van der Waals surface area contributed by atoms with Gasteiger partial charge < -0.3 is 14.8 Å². The lowest BCUT2D eigenvalue weighted by molar-refractivity contribution is -0.157. The van der Waals surface area contributed by atoms with Gasteiger partial charge in [-0.3, -0.25) is 9.48 Å². The normalized spacial score (nSPS) is 27.0. The standard InChI is InChI=1S/C17H20BrN3O3/c1-21-16(12-4-2-10(18)8-13(12)20-21)17(22)19-11-3-5-14-15(9-11)24-7-6-23-14/h2,4,8,11,14-15H,3,5-7,9H2,1H3,(H,19,22). The van der Waals surface area contributed by atoms with Crippen LogP contribution < -0.4 is 5.32 Å². The van der Waals surface area contributed by atoms with E-state index in [1.54, 1.807) is 11.7 Å². The number of amides is 1. The van der Waals surface area contributed by atoms with E-state index in [0.717, 1.165) is 34.6 Å². The quantitative estimate of drug-likeness (QED) is 0.850. The van der Waals surface area contributed by atoms with Crippen LogP contribution in [-0.2, 0) is 16.5 Å². The predicted molar refractivity (Wildman–Crippen MR) is 93.0 cm³/mol. The lowest BCUT2D eigenvalue weighted by Gasteiger charge is -2.39. The molecular weight excluding hydrogens is 374 g/mol. The molecule has 1 N–H and O–H groups in total. The molecule has 2 aromatic rings. The number of ether oxygens (including phenoxy) is 2. The van der Waals surface area contributed by atoms with Crippen LogP contribution in [0.25, 0.3) is 10.9 Å². The highest BCUT2D eigenvalue weighted by Crippen LogP contribution is 2.27. The highest BCUT2D eigenvalue weighted by molar-refractivity contribution is 9.10. The van der Waals surface area contributed by atoms with Crippen LogP contribution in [0.5, 0.6) is 0 Å². The van der Waals surface area contributed by atoms with Crippen LogP contribution in [0, 0.1) is 0 Å². The van der Waals surface area contributed by atoms with Gasteiger partial charge >= 0.3 is 0 Å². The number of halogens is 1. The Labute approximate surface area is 148 Å². The zero-order valence-electron chi connectivity index (χ0n) is 13.5. The molecule has 4 rings (SSSR count). The topological polar surface area (TPSA) is 65.4 Å². The Balaban J connectivity index is 1.51. The maximum absolute atomic E-state index is 12.8. The first-order chi connectivity index (χ1) is 11.6. The molecule has 6 nitrogen and oxygen atoms in total. The number of aromatic nitrogens is 2. The second kappa shape index (κ2) is 6.46. The highest BCUT2D eigenvalue weighted by atomic mass is 79.9. The first-order valence-corrected chi connectivity index (χ1v) is 9.07. The number of aryl methyl sites for hydroxylation is 1. The van der Waals surface area contributed by atoms with Gasteiger partial charge in [0.2, 0.25) is 0 Å². The van der Waals surface area contributed by atoms with Crippen molar-refractivity contribution >= 4 is 32.7 Å². The molecule has 0 radical (unpaired) electrons. The van der Waals surface area contributed by atoms with Crippen LogP contribution in [0.15, 0.2) is 22.7 Å². The van der Waals surface area contributed by atoms with Crippen molar-refractivity contribution in [1.29, 1.82) is 0 Å². The van der Waals surface area contributed by atoms with Gasteiger partial charge in [-0.25, -0.2) is 0 Å². The van der Waals surface area contributed by atoms with Crippen LogP contribution in [0.3, 0.4) is 0 Å². The lowest BCUT2D eigenvalue weighted by Crippen LogP contribution is -2.49. The number of nitrogens with zero attached hydrogens (tertiary/aromatic N) is 2. The third kappa shape index (κ3) is 2.96. The number of rotatable bonds is 2. The van der Waals surface area contributed by atoms with Crippen LogP contribution in [0.4, 0.5) is 0 Å². The SMILES string of the molecule is Cn1nc2cc(Br)ccc2c1C(=O)NC1CCC2OCCOC2C1. The molecule has 1 saturated heterocycles. The van der Waals surface area contributed by atoms with E-state index in [0.29, 0.717) is 18.9 Å². The maximum atomic E-state index is 12.8. The Morgan fingerprint density at radius 3 is 2.92 bits per heavy atom. The van der Waals surface area contributed by atoms with Crippen LogP contribution in [0.2, 0.25) is 0 Å². The monoisotopic (exact) mass is 393 g/mol. The average molecular weight is 394 g/mol. The molecule has 0 bridgehead atoms. The summed E-state index contributed by atoms with van der Waals surface area (Å²) in [5.41, 5.74) is 1.41. The Morgan fingerprint density at radius 1 is 1.29 bits per heavy atom. The van der Waals surface area contributed by atoms with Gasteiger partial charge in [0.05, 0.1) is 30.9 Å². The van der Waals surface area contributed by atoms with Gasteiger partial charge in [0.15, 0.2) is 0 Å². The molecule has 1 amide bonds. The van der Waals surface area contributed by atoms with Crippen LogP contribution >= 0.6 is 15.9 Å². The van der Waals surface area contributed by atoms with Crippen molar-refractivity contribution in [3.8, 4) is 0 Å². The van der Waals surface area contributed by atoms with Crippen molar-refractivity contribution in [3.63, 3.8) is 0 Å². The third-order valence-corrected chi connectivity index (χ3v) is 5.32. The smallest absolute Gasteiger partial charge is 0.270 e. The fourth-order valence-electron chi connectivity index (χ4n) is 3.69. The Bertz CT molecular complexity index is 776. The molecule has 1 aliphatic carbocycles. The highest BCUT2D eigenvalue weighted by Gasteiger charge is 2.35. The van der Waals surface area contributed by atoms with Crippen LogP contribution in [-0.4, -0.2) is 47.2 Å². The van der Waals surface area contributed by atoms with E-state index in [2.05, 4.69) is 26.3 Å². The number of carbonyl (C=O) groups excluding carboxylic acids is 1. The van der Waals surface area contributed by atoms with E-state index in [1.165, 1.54) is 0 Å². The van der Waals surface area contributed by atoms with E-state index in [1.807, 2.05) is 18.2 Å². The van der Waals surface area contributed by atoms with Gasteiger partial charge in [0.25, 0.3) is 5.91 Å². The second-order valence-electron chi connectivity index (χ2n) is 6.44. The predicted octanol–water partition coefficient (Wildman–Crippen LogP) is 2.40. The number of fused-ring (bicyclic) bond motifs is 2. The van der Waals surface area contributed by atoms with Crippen molar-refractivity contribution in [2.24, 2.45) is 7.05 Å². The average Bonchev–Trinajstić information content (AvgIpc) is 2.89. The summed E-state index contributed by atoms with van der Waals surface area (Å²) in [4.78, 5) is 12.8. The summed E-state index contributed by atoms with van der Waals surface area (Å²) < 4.78 is 14.1. The van der Waals surface area contributed by atoms with Gasteiger partial charge in [-0.15, -0.1) is 0 Å². The van der Waals surface area contributed by atoms with Gasteiger partial charge in [-0.2, -0.15) is 5.10 Å². The number of hydrogen-bond donors (Lipinski definition) is 1. The summed E-state index contributed by atoms with van der Waals surface area (Å²) in [6, 6.07) is 5.89. The van der Waals surface area contributed by atoms with Crippen molar-refractivity contribution in [3.05, 3.63) is 28.4 Å². The summed E-state index contributed by atoms with van der Waals surface area (Å²) in [6.07, 6.45) is 2.92. The van der Waals surface area contributed by atoms with E-state index in [9.17, 15) is 4.79 Å². The van der Waals surface area contributed by atoms with Gasteiger partial charge in [0.1, 0.15) is 5.69 Å². The Kier molecular flexibility index (Phi) is 4.32. The minimum Gasteiger partial charge on any atom is -0.373 e. The maximum Gasteiger partial charge on any atom is 0.270 e. The van der Waals surface area contributed by atoms with E-state index in [-0.39, 0.29) is 24.2 Å². The van der Waals surface area contributed by atoms with E-state index >= 15 is 0 Å². The molecule has 1 aromatic carbocycles. The summed E-state index contributed by atoms with van der Waals surface area (Å²) in [7, 11) is 1.80. The first-order valence-electron chi connectivity index (χ1n) is 8.28. The fraction of sp³-hybridized carbons (Fsp3) is 0.529. The zero-order valence-corrected chi connectivity index (χ0v) is 15.1. The number of hydrogen-bond acceptors (Lipinski definition) is 4. The molecule has 7 heteroatoms. The van der Waals surface area contributed by atoms with Gasteiger partial charge in [-0.1, -0.05) is 15.9 Å². The Hall–Kier alpha value is -1.44. The molecule has 2 fully saturated rings. The molecule has 1 aromatic heterocycles. The molecular formula is C17H20BrN3O3. The molecule has 3 unspecified atom stereocenters. The Morgan fingerprint density at radius 2 is 2.08 bits per heavy atom. The largest absolute Gasteiger partial charge is 0.373 e. The van der Waals surface area contributed by atoms with E-state index < -0.39 is 0 Å². The fourth-order valence-corrected chi connectivity index (χ4v) is 4.04. The van der Waals surface area contributed by atoms with Crippen molar-refractivity contribution in [2.45, 2.75) is 37.5 Å². The van der Waals surface area contributed by atoms with Gasteiger partial charge in [-0.05, 0) is 37.5 Å². The molecule has 3 atom stereocenters. The number of carbonyl (C=O) groups is 1. The molecule has 0 spiro atoms. The summed E-state index contributed by atoms with van der Waals surface area (Å²) in [5, 5.41) is 8.45. The van der Waals surface area contributed by atoms with Crippen LogP contribution in [0.1, 0.15) is 29.8 Å². The summed E-state index contributed by atoms with van der Waals surface area (Å²) in [5.74, 6) is -0.0810. The van der Waals surface area contributed by atoms with Crippen molar-refractivity contribution in [2.75, 3.05) is 13.2 Å². The lowest BCUT2D eigenvalue weighted by atomic mass is 9.89. The number of nitrogens with one attached hydrogen (secondary N) is 1.